The van der Waals surface area contributed by atoms with Gasteiger partial charge in [-0.2, -0.15) is 13.2 Å². The van der Waals surface area contributed by atoms with E-state index in [0.717, 1.165) is 0 Å². The molecule has 0 saturated carbocycles. The number of carbonyl (C=O) groups is 1. The highest BCUT2D eigenvalue weighted by Crippen LogP contribution is 2.57. The number of aliphatic hydroxyl groups is 1. The predicted octanol–water partition coefficient (Wildman–Crippen LogP) is -0.412. The Kier molecular flexibility index (Phi) is 3.34. The van der Waals surface area contributed by atoms with Crippen LogP contribution in [0, 0.1) is 0 Å². The summed E-state index contributed by atoms with van der Waals surface area (Å²) in [6, 6.07) is 0. The van der Waals surface area contributed by atoms with Gasteiger partial charge in [0.05, 0.1) is 7.11 Å². The van der Waals surface area contributed by atoms with Crippen molar-refractivity contribution < 1.29 is 42.2 Å². The molecule has 0 rings (SSSR count). The molecule has 1 atom stereocenters. The van der Waals surface area contributed by atoms with E-state index < -0.39 is 25.1 Å². The predicted molar refractivity (Wildman–Crippen MR) is 35.1 cm³/mol. The van der Waals surface area contributed by atoms with Crippen LogP contribution in [0.4, 0.5) is 13.2 Å². The first-order chi connectivity index (χ1) is 5.98. The summed E-state index contributed by atoms with van der Waals surface area (Å²) in [7, 11) is -5.67. The number of halogens is 3. The molecule has 0 aromatic rings. The van der Waals surface area contributed by atoms with Crippen LogP contribution in [-0.2, 0) is 14.1 Å². The van der Waals surface area contributed by atoms with Gasteiger partial charge in [-0.15, -0.1) is 0 Å². The van der Waals surface area contributed by atoms with E-state index in [2.05, 4.69) is 4.74 Å². The molecule has 0 radical (unpaired) electrons. The number of carbonyl (C=O) groups excluding carboxylic acids is 1. The minimum atomic E-state index is -6.13. The normalized spacial score (nSPS) is 17.4. The van der Waals surface area contributed by atoms with Gasteiger partial charge in [-0.1, -0.05) is 0 Å². The smallest absolute Gasteiger partial charge is 0.440 e. The number of rotatable bonds is 2. The Labute approximate surface area is 75.5 Å². The zero-order valence-corrected chi connectivity index (χ0v) is 7.54. The number of esters is 1. The molecule has 0 saturated heterocycles. The van der Waals surface area contributed by atoms with Gasteiger partial charge < -0.3 is 19.6 Å². The SMILES string of the molecule is COC(=O)[C@@](O)(C(F)(F)F)P(=O)(O)O. The van der Waals surface area contributed by atoms with E-state index in [0.29, 0.717) is 7.11 Å². The summed E-state index contributed by atoms with van der Waals surface area (Å²) < 4.78 is 49.8. The number of hydrogen-bond acceptors (Lipinski definition) is 4. The van der Waals surface area contributed by atoms with Crippen molar-refractivity contribution >= 4 is 13.6 Å². The second-order valence-electron chi connectivity index (χ2n) is 2.21. The third-order valence-electron chi connectivity index (χ3n) is 1.29. The molecule has 84 valence electrons. The summed E-state index contributed by atoms with van der Waals surface area (Å²) in [6.07, 6.45) is -5.82. The van der Waals surface area contributed by atoms with E-state index in [9.17, 15) is 22.5 Å². The van der Waals surface area contributed by atoms with Gasteiger partial charge in [-0.25, -0.2) is 4.79 Å². The van der Waals surface area contributed by atoms with Crippen molar-refractivity contribution in [3.8, 4) is 0 Å². The molecular formula is C4H6F3O6P. The van der Waals surface area contributed by atoms with E-state index in [-0.39, 0.29) is 0 Å². The Morgan fingerprint density at radius 3 is 1.79 bits per heavy atom. The minimum absolute atomic E-state index is 0.453. The van der Waals surface area contributed by atoms with Gasteiger partial charge >= 0.3 is 25.1 Å². The maximum Gasteiger partial charge on any atom is 0.440 e. The fourth-order valence-electron chi connectivity index (χ4n) is 0.542. The van der Waals surface area contributed by atoms with E-state index >= 15 is 0 Å². The first kappa shape index (κ1) is 13.4. The van der Waals surface area contributed by atoms with E-state index in [4.69, 9.17) is 14.9 Å². The molecular weight excluding hydrogens is 232 g/mol. The summed E-state index contributed by atoms with van der Waals surface area (Å²) in [5.74, 6) is -2.46. The highest BCUT2D eigenvalue weighted by atomic mass is 31.2. The van der Waals surface area contributed by atoms with Crippen LogP contribution in [0.3, 0.4) is 0 Å². The third kappa shape index (κ3) is 1.90. The summed E-state index contributed by atoms with van der Waals surface area (Å²) in [5.41, 5.74) is 0. The lowest BCUT2D eigenvalue weighted by Crippen LogP contribution is -2.52. The maximum atomic E-state index is 12.0. The molecule has 0 fully saturated rings. The zero-order chi connectivity index (χ0) is 11.8. The summed E-state index contributed by atoms with van der Waals surface area (Å²) in [4.78, 5) is 26.9. The molecule has 0 aromatic carbocycles. The van der Waals surface area contributed by atoms with Crippen molar-refractivity contribution in [2.45, 2.75) is 11.5 Å². The van der Waals surface area contributed by atoms with Crippen molar-refractivity contribution in [1.82, 2.24) is 0 Å². The standard InChI is InChI=1S/C4H6F3O6P/c1-13-2(8)3(9,4(5,6)7)14(10,11)12/h9H,1H3,(H2,10,11,12)/t3-/m0/s1. The monoisotopic (exact) mass is 238 g/mol. The average Bonchev–Trinajstić information content (AvgIpc) is 1.97. The average molecular weight is 238 g/mol. The summed E-state index contributed by atoms with van der Waals surface area (Å²) in [6.45, 7) is 0. The summed E-state index contributed by atoms with van der Waals surface area (Å²) in [5, 5.41) is 3.78. The van der Waals surface area contributed by atoms with Crippen LogP contribution >= 0.6 is 7.60 Å². The highest BCUT2D eigenvalue weighted by Gasteiger charge is 2.72. The topological polar surface area (TPSA) is 104 Å². The van der Waals surface area contributed by atoms with Gasteiger partial charge in [0.2, 0.25) is 0 Å². The van der Waals surface area contributed by atoms with E-state index in [1.165, 1.54) is 0 Å². The Morgan fingerprint density at radius 2 is 1.71 bits per heavy atom. The van der Waals surface area contributed by atoms with Gasteiger partial charge in [-0.05, 0) is 0 Å². The van der Waals surface area contributed by atoms with Gasteiger partial charge in [0.1, 0.15) is 0 Å². The van der Waals surface area contributed by atoms with Gasteiger partial charge in [0.25, 0.3) is 0 Å². The molecule has 0 amide bonds. The minimum Gasteiger partial charge on any atom is -0.466 e. The lowest BCUT2D eigenvalue weighted by molar-refractivity contribution is -0.237. The molecule has 14 heavy (non-hydrogen) atoms. The fraction of sp³-hybridized carbons (Fsp3) is 0.750. The fourth-order valence-corrected chi connectivity index (χ4v) is 1.20. The number of methoxy groups -OCH3 is 1. The first-order valence-electron chi connectivity index (χ1n) is 2.91. The van der Waals surface area contributed by atoms with Gasteiger partial charge in [0, 0.05) is 0 Å². The number of ether oxygens (including phenoxy) is 1. The molecule has 3 N–H and O–H groups in total. The lowest BCUT2D eigenvalue weighted by Gasteiger charge is -2.27. The van der Waals surface area contributed by atoms with E-state index in [1.54, 1.807) is 0 Å². The maximum absolute atomic E-state index is 12.0. The van der Waals surface area contributed by atoms with Crippen LogP contribution in [0.1, 0.15) is 0 Å². The quantitative estimate of drug-likeness (QED) is 0.446. The molecule has 0 unspecified atom stereocenters. The number of alkyl halides is 3. The second-order valence-corrected chi connectivity index (χ2v) is 3.94. The van der Waals surface area contributed by atoms with Crippen LogP contribution in [-0.4, -0.2) is 39.5 Å². The zero-order valence-electron chi connectivity index (χ0n) is 6.65. The Bertz CT molecular complexity index is 281. The van der Waals surface area contributed by atoms with Crippen LogP contribution in [0.2, 0.25) is 0 Å². The Morgan fingerprint density at radius 1 is 1.36 bits per heavy atom. The lowest BCUT2D eigenvalue weighted by atomic mass is 10.3. The Hall–Kier alpha value is -0.630. The number of hydrogen-bond donors (Lipinski definition) is 3. The van der Waals surface area contributed by atoms with Crippen LogP contribution in [0.15, 0.2) is 0 Å². The molecule has 0 aliphatic rings. The second kappa shape index (κ2) is 3.50. The van der Waals surface area contributed by atoms with Crippen LogP contribution < -0.4 is 0 Å². The Balaban J connectivity index is 5.53. The highest BCUT2D eigenvalue weighted by molar-refractivity contribution is 7.54. The molecule has 0 aliphatic heterocycles. The molecule has 0 bridgehead atoms. The van der Waals surface area contributed by atoms with Crippen LogP contribution in [0.25, 0.3) is 0 Å². The summed E-state index contributed by atoms with van der Waals surface area (Å²) >= 11 is 0. The molecule has 0 spiro atoms. The van der Waals surface area contributed by atoms with E-state index in [1.807, 2.05) is 0 Å². The van der Waals surface area contributed by atoms with Crippen molar-refractivity contribution in [3.63, 3.8) is 0 Å². The molecule has 10 heteroatoms. The van der Waals surface area contributed by atoms with Crippen molar-refractivity contribution in [2.24, 2.45) is 0 Å². The van der Waals surface area contributed by atoms with Gasteiger partial charge in [0.15, 0.2) is 0 Å². The third-order valence-corrected chi connectivity index (χ3v) is 2.57. The van der Waals surface area contributed by atoms with Crippen molar-refractivity contribution in [3.05, 3.63) is 0 Å². The van der Waals surface area contributed by atoms with Crippen molar-refractivity contribution in [2.75, 3.05) is 7.11 Å². The molecule has 0 aliphatic carbocycles. The molecule has 0 heterocycles. The molecule has 6 nitrogen and oxygen atoms in total. The van der Waals surface area contributed by atoms with Crippen LogP contribution in [0.5, 0.6) is 0 Å². The first-order valence-corrected chi connectivity index (χ1v) is 4.53. The van der Waals surface area contributed by atoms with Gasteiger partial charge in [-0.3, -0.25) is 4.57 Å². The largest absolute Gasteiger partial charge is 0.466 e. The van der Waals surface area contributed by atoms with Crippen molar-refractivity contribution in [1.29, 1.82) is 0 Å². The molecule has 0 aromatic heterocycles.